The van der Waals surface area contributed by atoms with Gasteiger partial charge in [0.25, 0.3) is 5.69 Å². The number of hydrogen-bond donors (Lipinski definition) is 0. The van der Waals surface area contributed by atoms with E-state index in [0.717, 1.165) is 0 Å². The molecule has 0 bridgehead atoms. The molecular weight excluding hydrogens is 166 g/mol. The lowest BCUT2D eigenvalue weighted by Gasteiger charge is -1.91. The summed E-state index contributed by atoms with van der Waals surface area (Å²) in [5.74, 6) is 2.34. The summed E-state index contributed by atoms with van der Waals surface area (Å²) in [7, 11) is 0. The maximum absolute atomic E-state index is 10.2. The van der Waals surface area contributed by atoms with Gasteiger partial charge in [0.15, 0.2) is 0 Å². The molecule has 0 unspecified atom stereocenters. The highest BCUT2D eigenvalue weighted by Gasteiger charge is 2.02. The standard InChI is InChI=1S/C7H4ClNO2/c8-5-6-1-3-7(4-2-6)9(10)11/h1-4H. The summed E-state index contributed by atoms with van der Waals surface area (Å²) >= 11 is 5.24. The quantitative estimate of drug-likeness (QED) is 0.503. The second-order valence-corrected chi connectivity index (χ2v) is 2.09. The average Bonchev–Trinajstić information content (AvgIpc) is 2.05. The first kappa shape index (κ1) is 8.01. The van der Waals surface area contributed by atoms with Crippen LogP contribution in [-0.2, 0) is 0 Å². The predicted molar refractivity (Wildman–Crippen MR) is 41.3 cm³/mol. The molecule has 0 atom stereocenters. The zero-order valence-electron chi connectivity index (χ0n) is 5.45. The third-order valence-corrected chi connectivity index (χ3v) is 1.41. The van der Waals surface area contributed by atoms with Gasteiger partial charge < -0.3 is 0 Å². The first-order valence-electron chi connectivity index (χ1n) is 2.85. The molecule has 11 heavy (non-hydrogen) atoms. The Morgan fingerprint density at radius 3 is 2.27 bits per heavy atom. The van der Waals surface area contributed by atoms with Crippen molar-refractivity contribution in [2.75, 3.05) is 0 Å². The van der Waals surface area contributed by atoms with Crippen LogP contribution < -0.4 is 0 Å². The van der Waals surface area contributed by atoms with E-state index in [9.17, 15) is 10.1 Å². The van der Waals surface area contributed by atoms with Gasteiger partial charge in [0.2, 0.25) is 0 Å². The summed E-state index contributed by atoms with van der Waals surface area (Å²) in [6, 6.07) is 5.83. The lowest BCUT2D eigenvalue weighted by atomic mass is 10.2. The van der Waals surface area contributed by atoms with E-state index in [4.69, 9.17) is 11.6 Å². The fourth-order valence-corrected chi connectivity index (χ4v) is 0.772. The minimum atomic E-state index is -0.460. The molecule has 0 aliphatic rings. The van der Waals surface area contributed by atoms with Crippen molar-refractivity contribution in [1.29, 1.82) is 0 Å². The number of nitro benzene ring substituents is 1. The van der Waals surface area contributed by atoms with Gasteiger partial charge in [-0.05, 0) is 5.56 Å². The average molecular weight is 170 g/mol. The number of nitro groups is 1. The maximum atomic E-state index is 10.2. The Bertz CT molecular complexity index is 258. The summed E-state index contributed by atoms with van der Waals surface area (Å²) in [6.45, 7) is 0. The molecule has 0 fully saturated rings. The van der Waals surface area contributed by atoms with E-state index in [1.54, 1.807) is 0 Å². The predicted octanol–water partition coefficient (Wildman–Crippen LogP) is 2.22. The van der Waals surface area contributed by atoms with Crippen LogP contribution >= 0.6 is 11.6 Å². The Morgan fingerprint density at radius 2 is 1.91 bits per heavy atom. The number of rotatable bonds is 2. The van der Waals surface area contributed by atoms with Crippen LogP contribution in [0.15, 0.2) is 24.3 Å². The fraction of sp³-hybridized carbons (Fsp3) is 0. The lowest BCUT2D eigenvalue weighted by Crippen LogP contribution is -1.86. The molecule has 1 aromatic carbocycles. The van der Waals surface area contributed by atoms with E-state index >= 15 is 0 Å². The Morgan fingerprint density at radius 1 is 1.36 bits per heavy atom. The van der Waals surface area contributed by atoms with Crippen LogP contribution in [0.5, 0.6) is 0 Å². The molecule has 0 N–H and O–H groups in total. The molecular formula is C7H4ClNO2. The molecule has 0 saturated carbocycles. The van der Waals surface area contributed by atoms with Crippen molar-refractivity contribution < 1.29 is 4.92 Å². The zero-order chi connectivity index (χ0) is 8.27. The van der Waals surface area contributed by atoms with E-state index in [0.29, 0.717) is 5.56 Å². The highest BCUT2D eigenvalue weighted by atomic mass is 35.5. The second kappa shape index (κ2) is 3.34. The van der Waals surface area contributed by atoms with Gasteiger partial charge in [-0.1, -0.05) is 12.1 Å². The van der Waals surface area contributed by atoms with Crippen LogP contribution in [0.2, 0.25) is 0 Å². The largest absolute Gasteiger partial charge is 0.269 e. The first-order chi connectivity index (χ1) is 5.24. The molecule has 0 amide bonds. The monoisotopic (exact) mass is 169 g/mol. The summed E-state index contributed by atoms with van der Waals surface area (Å²) < 4.78 is 0. The van der Waals surface area contributed by atoms with Gasteiger partial charge in [0, 0.05) is 12.1 Å². The minimum Gasteiger partial charge on any atom is -0.258 e. The molecule has 0 aromatic heterocycles. The van der Waals surface area contributed by atoms with E-state index in [2.05, 4.69) is 5.88 Å². The van der Waals surface area contributed by atoms with Crippen LogP contribution in [0.25, 0.3) is 0 Å². The molecule has 56 valence electrons. The normalized spacial score (nSPS) is 9.55. The Balaban J connectivity index is 2.91. The molecule has 3 nitrogen and oxygen atoms in total. The van der Waals surface area contributed by atoms with Crippen LogP contribution in [0.3, 0.4) is 0 Å². The molecule has 0 aliphatic carbocycles. The SMILES string of the molecule is O=[N+]([O-])c1ccc([C]Cl)cc1. The third kappa shape index (κ3) is 1.91. The minimum absolute atomic E-state index is 0.0562. The van der Waals surface area contributed by atoms with Gasteiger partial charge in [-0.15, -0.1) is 11.6 Å². The molecule has 0 spiro atoms. The number of halogens is 1. The van der Waals surface area contributed by atoms with Crippen molar-refractivity contribution in [3.63, 3.8) is 0 Å². The highest BCUT2D eigenvalue weighted by Crippen LogP contribution is 2.13. The first-order valence-corrected chi connectivity index (χ1v) is 3.23. The molecule has 0 aliphatic heterocycles. The van der Waals surface area contributed by atoms with Gasteiger partial charge in [-0.25, -0.2) is 0 Å². The fourth-order valence-electron chi connectivity index (χ4n) is 0.646. The summed E-state index contributed by atoms with van der Waals surface area (Å²) in [4.78, 5) is 9.69. The Labute approximate surface area is 68.8 Å². The van der Waals surface area contributed by atoms with Gasteiger partial charge in [0.05, 0.1) is 4.92 Å². The van der Waals surface area contributed by atoms with E-state index in [1.807, 2.05) is 0 Å². The number of benzene rings is 1. The second-order valence-electron chi connectivity index (χ2n) is 1.90. The molecule has 0 heterocycles. The van der Waals surface area contributed by atoms with Crippen molar-refractivity contribution in [2.45, 2.75) is 0 Å². The van der Waals surface area contributed by atoms with E-state index in [1.165, 1.54) is 24.3 Å². The van der Waals surface area contributed by atoms with Gasteiger partial charge in [0.1, 0.15) is 5.88 Å². The van der Waals surface area contributed by atoms with Crippen molar-refractivity contribution in [3.05, 3.63) is 45.8 Å². The van der Waals surface area contributed by atoms with E-state index in [-0.39, 0.29) is 5.69 Å². The summed E-state index contributed by atoms with van der Waals surface area (Å²) in [6.07, 6.45) is 0. The van der Waals surface area contributed by atoms with Gasteiger partial charge in [-0.2, -0.15) is 0 Å². The van der Waals surface area contributed by atoms with Crippen molar-refractivity contribution in [1.82, 2.24) is 0 Å². The molecule has 1 aromatic rings. The van der Waals surface area contributed by atoms with Crippen LogP contribution in [0.4, 0.5) is 5.69 Å². The van der Waals surface area contributed by atoms with Crippen molar-refractivity contribution >= 4 is 17.3 Å². The third-order valence-electron chi connectivity index (χ3n) is 1.19. The van der Waals surface area contributed by atoms with Crippen LogP contribution in [0.1, 0.15) is 5.56 Å². The molecule has 4 heteroatoms. The highest BCUT2D eigenvalue weighted by molar-refractivity contribution is 6.25. The number of non-ortho nitro benzene ring substituents is 1. The maximum Gasteiger partial charge on any atom is 0.269 e. The summed E-state index contributed by atoms with van der Waals surface area (Å²) in [5.41, 5.74) is 0.693. The lowest BCUT2D eigenvalue weighted by molar-refractivity contribution is -0.384. The van der Waals surface area contributed by atoms with E-state index < -0.39 is 4.92 Å². The van der Waals surface area contributed by atoms with Crippen molar-refractivity contribution in [3.8, 4) is 0 Å². The Kier molecular flexibility index (Phi) is 2.44. The molecule has 1 rings (SSSR count). The van der Waals surface area contributed by atoms with Crippen LogP contribution in [0, 0.1) is 16.0 Å². The van der Waals surface area contributed by atoms with Gasteiger partial charge in [-0.3, -0.25) is 10.1 Å². The Hall–Kier alpha value is -1.09. The van der Waals surface area contributed by atoms with Crippen LogP contribution in [-0.4, -0.2) is 4.92 Å². The topological polar surface area (TPSA) is 43.1 Å². The van der Waals surface area contributed by atoms with Gasteiger partial charge >= 0.3 is 0 Å². The summed E-state index contributed by atoms with van der Waals surface area (Å²) in [5, 5.41) is 10.2. The smallest absolute Gasteiger partial charge is 0.258 e. The number of hydrogen-bond acceptors (Lipinski definition) is 2. The molecule has 2 radical (unpaired) electrons. The zero-order valence-corrected chi connectivity index (χ0v) is 6.21. The van der Waals surface area contributed by atoms with Crippen molar-refractivity contribution in [2.24, 2.45) is 0 Å². The molecule has 0 saturated heterocycles. The number of nitrogens with zero attached hydrogens (tertiary/aromatic N) is 1.